The van der Waals surface area contributed by atoms with Crippen LogP contribution in [0.1, 0.15) is 6.42 Å². The molecule has 0 radical (unpaired) electrons. The number of hydrogen-bond donors (Lipinski definition) is 2. The number of halogens is 1. The van der Waals surface area contributed by atoms with Crippen molar-refractivity contribution in [3.05, 3.63) is 39.8 Å². The predicted molar refractivity (Wildman–Crippen MR) is 109 cm³/mol. The van der Waals surface area contributed by atoms with Crippen LogP contribution in [-0.2, 0) is 0 Å². The molecule has 1 saturated heterocycles. The van der Waals surface area contributed by atoms with E-state index in [0.29, 0.717) is 18.9 Å². The number of fused-ring (bicyclic) bond motifs is 1. The van der Waals surface area contributed by atoms with E-state index in [0.717, 1.165) is 62.9 Å². The van der Waals surface area contributed by atoms with Crippen molar-refractivity contribution in [3.63, 3.8) is 0 Å². The highest BCUT2D eigenvalue weighted by atomic mass is 35.5. The van der Waals surface area contributed by atoms with Gasteiger partial charge in [0.1, 0.15) is 18.2 Å². The van der Waals surface area contributed by atoms with Gasteiger partial charge in [-0.1, -0.05) is 17.7 Å². The molecule has 2 N–H and O–H groups in total. The van der Waals surface area contributed by atoms with Crippen molar-refractivity contribution in [1.82, 2.24) is 15.1 Å². The maximum Gasteiger partial charge on any atom is 0.285 e. The van der Waals surface area contributed by atoms with Crippen molar-refractivity contribution in [2.75, 3.05) is 62.7 Å². The van der Waals surface area contributed by atoms with Crippen molar-refractivity contribution in [2.24, 2.45) is 0 Å². The van der Waals surface area contributed by atoms with Crippen LogP contribution in [0.15, 0.2) is 29.2 Å². The quantitative estimate of drug-likeness (QED) is 0.709. The van der Waals surface area contributed by atoms with E-state index in [9.17, 15) is 4.79 Å². The highest BCUT2D eigenvalue weighted by Gasteiger charge is 2.23. The molecule has 0 spiro atoms. The van der Waals surface area contributed by atoms with Crippen LogP contribution in [0.25, 0.3) is 0 Å². The molecule has 9 heteroatoms. The van der Waals surface area contributed by atoms with E-state index in [-0.39, 0.29) is 10.6 Å². The zero-order chi connectivity index (χ0) is 19.3. The fraction of sp³-hybridized carbons (Fsp3) is 0.474. The number of aromatic amines is 1. The van der Waals surface area contributed by atoms with Crippen LogP contribution in [0.5, 0.6) is 11.5 Å². The zero-order valence-corrected chi connectivity index (χ0v) is 16.4. The van der Waals surface area contributed by atoms with E-state index in [1.165, 1.54) is 6.20 Å². The minimum absolute atomic E-state index is 0.154. The summed E-state index contributed by atoms with van der Waals surface area (Å²) in [6, 6.07) is 6.09. The van der Waals surface area contributed by atoms with Gasteiger partial charge >= 0.3 is 0 Å². The number of aromatic nitrogens is 2. The van der Waals surface area contributed by atoms with Crippen molar-refractivity contribution in [1.29, 1.82) is 0 Å². The third-order valence-corrected chi connectivity index (χ3v) is 5.40. The van der Waals surface area contributed by atoms with E-state index in [1.807, 2.05) is 12.1 Å². The van der Waals surface area contributed by atoms with Crippen molar-refractivity contribution in [3.8, 4) is 11.5 Å². The first-order valence-corrected chi connectivity index (χ1v) is 9.93. The molecule has 28 heavy (non-hydrogen) atoms. The number of para-hydroxylation sites is 1. The summed E-state index contributed by atoms with van der Waals surface area (Å²) < 4.78 is 11.5. The summed E-state index contributed by atoms with van der Waals surface area (Å²) in [5, 5.41) is 9.41. The Hall–Kier alpha value is -2.45. The van der Waals surface area contributed by atoms with Gasteiger partial charge in [-0.3, -0.25) is 9.69 Å². The summed E-state index contributed by atoms with van der Waals surface area (Å²) in [5.74, 6) is 1.71. The molecule has 0 aliphatic carbocycles. The van der Waals surface area contributed by atoms with Gasteiger partial charge in [0.25, 0.3) is 5.56 Å². The monoisotopic (exact) mass is 405 g/mol. The Kier molecular flexibility index (Phi) is 5.87. The number of anilines is 2. The van der Waals surface area contributed by atoms with Crippen molar-refractivity contribution < 1.29 is 9.47 Å². The molecule has 2 aliphatic rings. The maximum atomic E-state index is 11.4. The topological polar surface area (TPSA) is 82.7 Å². The van der Waals surface area contributed by atoms with Crippen molar-refractivity contribution in [2.45, 2.75) is 6.42 Å². The lowest BCUT2D eigenvalue weighted by Crippen LogP contribution is -2.47. The van der Waals surface area contributed by atoms with Gasteiger partial charge in [0.05, 0.1) is 17.6 Å². The molecule has 8 nitrogen and oxygen atoms in total. The van der Waals surface area contributed by atoms with E-state index >= 15 is 0 Å². The van der Waals surface area contributed by atoms with Crippen LogP contribution in [0.4, 0.5) is 11.4 Å². The van der Waals surface area contributed by atoms with Gasteiger partial charge in [-0.15, -0.1) is 0 Å². The lowest BCUT2D eigenvalue weighted by atomic mass is 10.2. The third kappa shape index (κ3) is 4.18. The number of nitrogens with one attached hydrogen (secondary N) is 2. The van der Waals surface area contributed by atoms with E-state index in [4.69, 9.17) is 21.1 Å². The van der Waals surface area contributed by atoms with Gasteiger partial charge < -0.3 is 19.7 Å². The smallest absolute Gasteiger partial charge is 0.285 e. The Morgan fingerprint density at radius 1 is 1.18 bits per heavy atom. The molecular weight excluding hydrogens is 382 g/mol. The third-order valence-electron chi connectivity index (χ3n) is 5.02. The molecule has 1 aromatic heterocycles. The number of rotatable bonds is 6. The Bertz CT molecular complexity index is 867. The molecule has 3 heterocycles. The fourth-order valence-electron chi connectivity index (χ4n) is 3.55. The number of nitrogens with zero attached hydrogens (tertiary/aromatic N) is 3. The lowest BCUT2D eigenvalue weighted by molar-refractivity contribution is 0.171. The van der Waals surface area contributed by atoms with Crippen LogP contribution in [0.2, 0.25) is 5.02 Å². The molecule has 0 atom stereocenters. The molecule has 1 aromatic carbocycles. The Labute approximate surface area is 168 Å². The second-order valence-corrected chi connectivity index (χ2v) is 7.22. The van der Waals surface area contributed by atoms with Crippen LogP contribution in [0.3, 0.4) is 0 Å². The highest BCUT2D eigenvalue weighted by Crippen LogP contribution is 2.39. The summed E-state index contributed by atoms with van der Waals surface area (Å²) in [6.07, 6.45) is 2.50. The normalized spacial score (nSPS) is 16.8. The van der Waals surface area contributed by atoms with E-state index in [2.05, 4.69) is 31.4 Å². The lowest BCUT2D eigenvalue weighted by Gasteiger charge is -2.37. The summed E-state index contributed by atoms with van der Waals surface area (Å²) in [4.78, 5) is 16.2. The minimum Gasteiger partial charge on any atom is -0.486 e. The molecule has 2 aromatic rings. The second-order valence-electron chi connectivity index (χ2n) is 6.84. The number of ether oxygens (including phenoxy) is 2. The van der Waals surface area contributed by atoms with Gasteiger partial charge in [-0.25, -0.2) is 5.10 Å². The fourth-order valence-corrected chi connectivity index (χ4v) is 3.71. The maximum absolute atomic E-state index is 11.4. The van der Waals surface area contributed by atoms with E-state index in [1.54, 1.807) is 0 Å². The van der Waals surface area contributed by atoms with Gasteiger partial charge in [-0.05, 0) is 25.1 Å². The van der Waals surface area contributed by atoms with Gasteiger partial charge in [0, 0.05) is 32.7 Å². The number of piperazine rings is 1. The first-order valence-electron chi connectivity index (χ1n) is 9.55. The Balaban J connectivity index is 1.24. The van der Waals surface area contributed by atoms with Crippen LogP contribution >= 0.6 is 11.6 Å². The molecule has 150 valence electrons. The minimum atomic E-state index is -0.375. The van der Waals surface area contributed by atoms with Crippen LogP contribution in [0, 0.1) is 0 Å². The van der Waals surface area contributed by atoms with Crippen molar-refractivity contribution >= 4 is 23.0 Å². The molecule has 1 fully saturated rings. The summed E-state index contributed by atoms with van der Waals surface area (Å²) >= 11 is 5.96. The second kappa shape index (κ2) is 8.70. The van der Waals surface area contributed by atoms with E-state index < -0.39 is 0 Å². The van der Waals surface area contributed by atoms with Crippen LogP contribution in [-0.4, -0.2) is 67.6 Å². The summed E-state index contributed by atoms with van der Waals surface area (Å²) in [7, 11) is 0. The molecule has 0 unspecified atom stereocenters. The number of hydrogen-bond acceptors (Lipinski definition) is 7. The van der Waals surface area contributed by atoms with Gasteiger partial charge in [-0.2, -0.15) is 5.10 Å². The summed E-state index contributed by atoms with van der Waals surface area (Å²) in [6.45, 7) is 6.84. The number of benzene rings is 1. The average molecular weight is 406 g/mol. The first-order chi connectivity index (χ1) is 13.7. The average Bonchev–Trinajstić information content (AvgIpc) is 2.74. The molecule has 0 saturated carbocycles. The molecule has 0 bridgehead atoms. The van der Waals surface area contributed by atoms with Gasteiger partial charge in [0.2, 0.25) is 0 Å². The molecule has 4 rings (SSSR count). The molecule has 0 amide bonds. The molecule has 2 aliphatic heterocycles. The SMILES string of the molecule is O=c1[nH]ncc(NCCCN2CCN(c3cccc4c3OCCO4)CC2)c1Cl. The van der Waals surface area contributed by atoms with Gasteiger partial charge in [0.15, 0.2) is 11.5 Å². The standard InChI is InChI=1S/C19H24ClN5O3/c20-17-14(13-22-23-19(17)26)21-5-2-6-24-7-9-25(10-8-24)15-3-1-4-16-18(15)28-12-11-27-16/h1,3-4,13H,2,5-12H2,(H2,21,23,26). The molecular formula is C19H24ClN5O3. The zero-order valence-electron chi connectivity index (χ0n) is 15.6. The number of H-pyrrole nitrogens is 1. The van der Waals surface area contributed by atoms with Crippen LogP contribution < -0.4 is 25.2 Å². The summed E-state index contributed by atoms with van der Waals surface area (Å²) in [5.41, 5.74) is 1.32. The predicted octanol–water partition coefficient (Wildman–Crippen LogP) is 1.82. The Morgan fingerprint density at radius 2 is 2.00 bits per heavy atom. The first kappa shape index (κ1) is 18.9. The largest absolute Gasteiger partial charge is 0.486 e. The Morgan fingerprint density at radius 3 is 2.86 bits per heavy atom. The highest BCUT2D eigenvalue weighted by molar-refractivity contribution is 6.32.